The topological polar surface area (TPSA) is 54.1 Å². The number of allylic oxidation sites excluding steroid dienone is 1. The van der Waals surface area contributed by atoms with Gasteiger partial charge in [-0.05, 0) is 148 Å². The number of nitrogens with zero attached hydrogens (tertiary/aromatic N) is 4. The van der Waals surface area contributed by atoms with Crippen molar-refractivity contribution in [1.82, 2.24) is 0 Å². The summed E-state index contributed by atoms with van der Waals surface area (Å²) in [4.78, 5) is 4.85. The largest absolute Gasteiger partial charge is 0.310 e. The molecule has 1 heterocycles. The third-order valence-corrected chi connectivity index (χ3v) is 14.3. The molecule has 0 saturated heterocycles. The molecule has 0 N–H and O–H groups in total. The van der Waals surface area contributed by atoms with Gasteiger partial charge in [-0.2, -0.15) is 10.5 Å². The van der Waals surface area contributed by atoms with E-state index >= 15 is 0 Å². The monoisotopic (exact) mass is 894 g/mol. The van der Waals surface area contributed by atoms with Crippen molar-refractivity contribution >= 4 is 39.7 Å². The molecule has 4 nitrogen and oxygen atoms in total. The van der Waals surface area contributed by atoms with Gasteiger partial charge in [-0.3, -0.25) is 0 Å². The summed E-state index contributed by atoms with van der Waals surface area (Å²) in [5, 5.41) is 21.1. The van der Waals surface area contributed by atoms with E-state index in [-0.39, 0.29) is 5.57 Å². The maximum Gasteiger partial charge on any atom is 0.138 e. The first kappa shape index (κ1) is 44.9. The van der Waals surface area contributed by atoms with Crippen molar-refractivity contribution in [2.75, 3.05) is 9.80 Å². The maximum atomic E-state index is 10.5. The minimum absolute atomic E-state index is 0.116. The van der Waals surface area contributed by atoms with Gasteiger partial charge in [0.25, 0.3) is 0 Å². The molecule has 1 aliphatic heterocycles. The summed E-state index contributed by atoms with van der Waals surface area (Å²) in [6.07, 6.45) is 11.9. The first-order chi connectivity index (χ1) is 34.1. The fraction of sp³-hybridized carbons (Fsp3) is 0.200. The highest BCUT2D eigenvalue weighted by atomic mass is 15.2. The van der Waals surface area contributed by atoms with Crippen LogP contribution in [0.4, 0.5) is 34.1 Å². The van der Waals surface area contributed by atoms with Crippen LogP contribution < -0.4 is 9.80 Å². The summed E-state index contributed by atoms with van der Waals surface area (Å²) in [5.74, 6) is 0. The molecule has 4 heteroatoms. The predicted molar refractivity (Wildman–Crippen MR) is 286 cm³/mol. The van der Waals surface area contributed by atoms with Crippen LogP contribution in [-0.2, 0) is 18.3 Å². The van der Waals surface area contributed by atoms with Crippen molar-refractivity contribution in [2.45, 2.75) is 83.5 Å². The minimum atomic E-state index is -0.816. The third-order valence-electron chi connectivity index (χ3n) is 14.3. The molecule has 8 aromatic rings. The van der Waals surface area contributed by atoms with Crippen molar-refractivity contribution in [3.8, 4) is 23.3 Å². The number of para-hydroxylation sites is 3. The van der Waals surface area contributed by atoms with Gasteiger partial charge in [-0.25, -0.2) is 0 Å². The van der Waals surface area contributed by atoms with Crippen LogP contribution in [-0.4, -0.2) is 0 Å². The van der Waals surface area contributed by atoms with Gasteiger partial charge in [0.2, 0.25) is 0 Å². The van der Waals surface area contributed by atoms with Crippen LogP contribution in [0.1, 0.15) is 110 Å². The quantitative estimate of drug-likeness (QED) is 0.0760. The highest BCUT2D eigenvalue weighted by Crippen LogP contribution is 2.62. The molecular weight excluding hydrogens is 837 g/mol. The smallest absolute Gasteiger partial charge is 0.138 e. The molecule has 1 aliphatic carbocycles. The summed E-state index contributed by atoms with van der Waals surface area (Å²) in [5.41, 5.74) is 17.9. The Labute approximate surface area is 409 Å². The molecule has 69 heavy (non-hydrogen) atoms. The first-order valence-electron chi connectivity index (χ1n) is 25.0. The number of hydrogen-bond donors (Lipinski definition) is 0. The Balaban J connectivity index is 1.24. The average Bonchev–Trinajstić information content (AvgIpc) is 3.40. The molecule has 10 rings (SSSR count). The summed E-state index contributed by atoms with van der Waals surface area (Å²) in [6, 6.07) is 75.0. The Morgan fingerprint density at radius 2 is 0.957 bits per heavy atom. The number of rotatable bonds is 15. The standard InChI is InChI=1S/C65H58N4/c1-3-5-7-11-24-47-40-48(25-12-8-6-4-2)42-55(41-47)69-62-37-22-21-36-60(62)65(58-34-19-17-32-56(58)64(51(45-66)46-67)57-33-18-20-35-59(57)65)61-44-50(38-39-63(61)69)49-26-23-31-54(43-49)68(52-27-13-9-14-28-52)53-29-15-10-16-30-53/h9-10,13-23,26-44H,3-8,11-12,24-25H2,1-2H3. The fourth-order valence-corrected chi connectivity index (χ4v) is 11.2. The Bertz CT molecular complexity index is 3110. The van der Waals surface area contributed by atoms with Gasteiger partial charge in [0.1, 0.15) is 17.7 Å². The molecular formula is C65H58N4. The molecule has 8 aromatic carbocycles. The first-order valence-corrected chi connectivity index (χ1v) is 25.0. The summed E-state index contributed by atoms with van der Waals surface area (Å²) < 4.78 is 0. The Kier molecular flexibility index (Phi) is 13.1. The minimum Gasteiger partial charge on any atom is -0.310 e. The van der Waals surface area contributed by atoms with E-state index in [0.717, 1.165) is 85.8 Å². The number of unbranched alkanes of at least 4 members (excludes halogenated alkanes) is 6. The van der Waals surface area contributed by atoms with Gasteiger partial charge in [0.05, 0.1) is 16.8 Å². The fourth-order valence-electron chi connectivity index (χ4n) is 11.2. The van der Waals surface area contributed by atoms with E-state index in [0.29, 0.717) is 5.57 Å². The zero-order chi connectivity index (χ0) is 47.2. The maximum absolute atomic E-state index is 10.5. The van der Waals surface area contributed by atoms with Crippen LogP contribution in [0.3, 0.4) is 0 Å². The number of benzene rings is 8. The van der Waals surface area contributed by atoms with E-state index in [4.69, 9.17) is 0 Å². The van der Waals surface area contributed by atoms with Gasteiger partial charge in [0, 0.05) is 28.3 Å². The lowest BCUT2D eigenvalue weighted by Gasteiger charge is -2.49. The van der Waals surface area contributed by atoms with Gasteiger partial charge >= 0.3 is 0 Å². The molecule has 0 fully saturated rings. The second-order valence-corrected chi connectivity index (χ2v) is 18.6. The molecule has 0 saturated carbocycles. The number of aryl methyl sites for hydroxylation is 2. The average molecular weight is 895 g/mol. The van der Waals surface area contributed by atoms with Crippen LogP contribution in [0.25, 0.3) is 16.7 Å². The van der Waals surface area contributed by atoms with E-state index in [9.17, 15) is 10.5 Å². The summed E-state index contributed by atoms with van der Waals surface area (Å²) in [7, 11) is 0. The van der Waals surface area contributed by atoms with Crippen LogP contribution in [0.15, 0.2) is 200 Å². The van der Waals surface area contributed by atoms with Gasteiger partial charge in [-0.1, -0.05) is 180 Å². The van der Waals surface area contributed by atoms with Gasteiger partial charge in [-0.15, -0.1) is 0 Å². The molecule has 0 atom stereocenters. The van der Waals surface area contributed by atoms with Crippen LogP contribution >= 0.6 is 0 Å². The molecule has 0 amide bonds. The second-order valence-electron chi connectivity index (χ2n) is 18.6. The predicted octanol–water partition coefficient (Wildman–Crippen LogP) is 17.4. The van der Waals surface area contributed by atoms with Crippen molar-refractivity contribution in [3.05, 3.63) is 244 Å². The SMILES string of the molecule is CCCCCCc1cc(CCCCCC)cc(N2c3ccccc3C3(c4ccccc4C(=C(C#N)C#N)c4ccccc43)c3cc(-c4cccc(N(c5ccccc5)c5ccccc5)c4)ccc32)c1. The Morgan fingerprint density at radius 1 is 0.449 bits per heavy atom. The zero-order valence-corrected chi connectivity index (χ0v) is 39.8. The van der Waals surface area contributed by atoms with Gasteiger partial charge < -0.3 is 9.80 Å². The van der Waals surface area contributed by atoms with E-state index in [2.05, 4.69) is 218 Å². The summed E-state index contributed by atoms with van der Waals surface area (Å²) in [6.45, 7) is 4.57. The molecule has 2 aliphatic rings. The van der Waals surface area contributed by atoms with Crippen molar-refractivity contribution in [2.24, 2.45) is 0 Å². The number of fused-ring (bicyclic) bond motifs is 8. The Hall–Kier alpha value is -7.92. The Morgan fingerprint density at radius 3 is 1.54 bits per heavy atom. The lowest BCUT2D eigenvalue weighted by molar-refractivity contribution is 0.661. The second kappa shape index (κ2) is 20.1. The van der Waals surface area contributed by atoms with Crippen molar-refractivity contribution in [3.63, 3.8) is 0 Å². The molecule has 0 radical (unpaired) electrons. The highest BCUT2D eigenvalue weighted by molar-refractivity contribution is 5.99. The third kappa shape index (κ3) is 8.32. The lowest BCUT2D eigenvalue weighted by atomic mass is 9.56. The number of nitriles is 2. The lowest BCUT2D eigenvalue weighted by Crippen LogP contribution is -2.41. The highest BCUT2D eigenvalue weighted by Gasteiger charge is 2.51. The zero-order valence-electron chi connectivity index (χ0n) is 39.8. The van der Waals surface area contributed by atoms with Crippen LogP contribution in [0.5, 0.6) is 0 Å². The molecule has 0 aromatic heterocycles. The summed E-state index contributed by atoms with van der Waals surface area (Å²) >= 11 is 0. The molecule has 338 valence electrons. The van der Waals surface area contributed by atoms with E-state index in [1.54, 1.807) is 0 Å². The normalized spacial score (nSPS) is 14.2. The van der Waals surface area contributed by atoms with E-state index in [1.165, 1.54) is 68.2 Å². The van der Waals surface area contributed by atoms with Crippen LogP contribution in [0, 0.1) is 22.7 Å². The molecule has 0 bridgehead atoms. The van der Waals surface area contributed by atoms with E-state index in [1.807, 2.05) is 12.1 Å². The number of hydrogen-bond acceptors (Lipinski definition) is 4. The van der Waals surface area contributed by atoms with Gasteiger partial charge in [0.15, 0.2) is 0 Å². The number of anilines is 6. The van der Waals surface area contributed by atoms with Crippen molar-refractivity contribution in [1.29, 1.82) is 10.5 Å². The van der Waals surface area contributed by atoms with E-state index < -0.39 is 5.41 Å². The molecule has 0 unspecified atom stereocenters. The van der Waals surface area contributed by atoms with Crippen LogP contribution in [0.2, 0.25) is 0 Å². The van der Waals surface area contributed by atoms with Crippen molar-refractivity contribution < 1.29 is 0 Å². The molecule has 1 spiro atoms.